The Kier molecular flexibility index (Phi) is 6.12. The van der Waals surface area contributed by atoms with Crippen LogP contribution in [0.2, 0.25) is 0 Å². The van der Waals surface area contributed by atoms with E-state index in [9.17, 15) is 4.79 Å². The number of fused-ring (bicyclic) bond motifs is 1. The summed E-state index contributed by atoms with van der Waals surface area (Å²) in [5.74, 6) is 1.53. The Morgan fingerprint density at radius 1 is 1.10 bits per heavy atom. The first kappa shape index (κ1) is 20.8. The Bertz CT molecular complexity index is 1170. The summed E-state index contributed by atoms with van der Waals surface area (Å²) < 4.78 is 13.4. The molecule has 0 saturated heterocycles. The molecule has 2 aromatic heterocycles. The van der Waals surface area contributed by atoms with E-state index in [4.69, 9.17) is 9.47 Å². The number of benzene rings is 2. The maximum atomic E-state index is 12.2. The predicted octanol–water partition coefficient (Wildman–Crippen LogP) is 5.54. The number of Topliss-reactive ketones (excluding diaryl/α,β-unsaturated/α-hetero) is 1. The lowest BCUT2D eigenvalue weighted by atomic mass is 10.0. The number of hydrogen-bond donors (Lipinski definition) is 1. The molecule has 0 aliphatic heterocycles. The summed E-state index contributed by atoms with van der Waals surface area (Å²) in [7, 11) is 1.63. The van der Waals surface area contributed by atoms with Crippen LogP contribution >= 0.6 is 0 Å². The Hall–Kier alpha value is -3.47. The summed E-state index contributed by atoms with van der Waals surface area (Å²) >= 11 is 0. The lowest BCUT2D eigenvalue weighted by Crippen LogP contribution is -2.13. The van der Waals surface area contributed by atoms with Gasteiger partial charge in [-0.15, -0.1) is 0 Å². The van der Waals surface area contributed by atoms with Gasteiger partial charge in [0, 0.05) is 42.5 Å². The first-order valence-electron chi connectivity index (χ1n) is 10.6. The fourth-order valence-electron chi connectivity index (χ4n) is 4.10. The molecule has 4 rings (SSSR count). The van der Waals surface area contributed by atoms with Gasteiger partial charge in [0.25, 0.3) is 0 Å². The van der Waals surface area contributed by atoms with Crippen LogP contribution in [0.5, 0.6) is 11.5 Å². The normalized spacial score (nSPS) is 12.1. The van der Waals surface area contributed by atoms with Gasteiger partial charge in [-0.05, 0) is 54.6 Å². The number of ketones is 1. The number of nitrogens with zero attached hydrogens (tertiary/aromatic N) is 1. The highest BCUT2D eigenvalue weighted by atomic mass is 16.5. The van der Waals surface area contributed by atoms with Crippen molar-refractivity contribution in [3.63, 3.8) is 0 Å². The number of ether oxygens (including phenoxy) is 2. The SMILES string of the molecule is CCOc1cc([C@@H](CC(C)=O)n2cc3cccc(Cc4ccc[nH]4)c3c2)ccc1OC. The van der Waals surface area contributed by atoms with E-state index < -0.39 is 0 Å². The lowest BCUT2D eigenvalue weighted by molar-refractivity contribution is -0.117. The molecule has 1 atom stereocenters. The maximum absolute atomic E-state index is 12.2. The second-order valence-corrected chi connectivity index (χ2v) is 7.76. The quantitative estimate of drug-likeness (QED) is 0.390. The van der Waals surface area contributed by atoms with E-state index >= 15 is 0 Å². The van der Waals surface area contributed by atoms with Gasteiger partial charge < -0.3 is 19.0 Å². The number of H-pyrrole nitrogens is 1. The van der Waals surface area contributed by atoms with Gasteiger partial charge in [0.1, 0.15) is 5.78 Å². The molecule has 0 aliphatic carbocycles. The molecule has 2 aromatic carbocycles. The lowest BCUT2D eigenvalue weighted by Gasteiger charge is -2.20. The van der Waals surface area contributed by atoms with Crippen LogP contribution in [0.1, 0.15) is 43.1 Å². The Labute approximate surface area is 182 Å². The fourth-order valence-corrected chi connectivity index (χ4v) is 4.10. The Balaban J connectivity index is 1.76. The van der Waals surface area contributed by atoms with Crippen LogP contribution < -0.4 is 9.47 Å². The van der Waals surface area contributed by atoms with Crippen LogP contribution in [0.25, 0.3) is 10.8 Å². The van der Waals surface area contributed by atoms with Gasteiger partial charge in [0.15, 0.2) is 11.5 Å². The highest BCUT2D eigenvalue weighted by Gasteiger charge is 2.19. The number of carbonyl (C=O) groups is 1. The molecule has 0 bridgehead atoms. The second kappa shape index (κ2) is 9.13. The molecular weight excluding hydrogens is 388 g/mol. The van der Waals surface area contributed by atoms with Crippen molar-refractivity contribution in [1.29, 1.82) is 0 Å². The predicted molar refractivity (Wildman–Crippen MR) is 123 cm³/mol. The molecule has 2 heterocycles. The second-order valence-electron chi connectivity index (χ2n) is 7.76. The zero-order valence-corrected chi connectivity index (χ0v) is 18.2. The van der Waals surface area contributed by atoms with E-state index in [0.29, 0.717) is 24.5 Å². The van der Waals surface area contributed by atoms with E-state index in [1.807, 2.05) is 37.4 Å². The largest absolute Gasteiger partial charge is 0.493 e. The molecule has 0 radical (unpaired) electrons. The third kappa shape index (κ3) is 4.50. The first-order valence-corrected chi connectivity index (χ1v) is 10.6. The van der Waals surface area contributed by atoms with Crippen LogP contribution in [0, 0.1) is 0 Å². The summed E-state index contributed by atoms with van der Waals surface area (Å²) in [6.45, 7) is 4.14. The van der Waals surface area contributed by atoms with Crippen LogP contribution in [0.4, 0.5) is 0 Å². The average Bonchev–Trinajstić information content (AvgIpc) is 3.42. The van der Waals surface area contributed by atoms with Crippen LogP contribution in [0.3, 0.4) is 0 Å². The molecule has 0 amide bonds. The minimum atomic E-state index is -0.117. The monoisotopic (exact) mass is 416 g/mol. The van der Waals surface area contributed by atoms with Crippen molar-refractivity contribution >= 4 is 16.6 Å². The summed E-state index contributed by atoms with van der Waals surface area (Å²) in [5.41, 5.74) is 3.45. The van der Waals surface area contributed by atoms with Gasteiger partial charge >= 0.3 is 0 Å². The Morgan fingerprint density at radius 3 is 2.68 bits per heavy atom. The van der Waals surface area contributed by atoms with E-state index in [1.165, 1.54) is 16.6 Å². The molecule has 1 N–H and O–H groups in total. The molecule has 5 heteroatoms. The van der Waals surface area contributed by atoms with Crippen LogP contribution in [-0.2, 0) is 11.2 Å². The number of nitrogens with one attached hydrogen (secondary N) is 1. The number of hydrogen-bond acceptors (Lipinski definition) is 3. The minimum Gasteiger partial charge on any atom is -0.493 e. The number of aromatic nitrogens is 2. The van der Waals surface area contributed by atoms with E-state index in [1.54, 1.807) is 14.0 Å². The van der Waals surface area contributed by atoms with E-state index in [2.05, 4.69) is 46.2 Å². The van der Waals surface area contributed by atoms with E-state index in [0.717, 1.165) is 17.4 Å². The third-order valence-corrected chi connectivity index (χ3v) is 5.55. The van der Waals surface area contributed by atoms with Gasteiger partial charge in [-0.25, -0.2) is 0 Å². The number of rotatable bonds is 9. The molecule has 0 aliphatic rings. The van der Waals surface area contributed by atoms with Crippen molar-refractivity contribution in [2.24, 2.45) is 0 Å². The van der Waals surface area contributed by atoms with E-state index in [-0.39, 0.29) is 11.8 Å². The molecule has 5 nitrogen and oxygen atoms in total. The number of methoxy groups -OCH3 is 1. The summed E-state index contributed by atoms with van der Waals surface area (Å²) in [6, 6.07) is 16.3. The van der Waals surface area contributed by atoms with Gasteiger partial charge in [-0.1, -0.05) is 24.3 Å². The van der Waals surface area contributed by atoms with Crippen molar-refractivity contribution in [3.05, 3.63) is 83.9 Å². The highest BCUT2D eigenvalue weighted by Crippen LogP contribution is 2.34. The van der Waals surface area contributed by atoms with Crippen molar-refractivity contribution in [1.82, 2.24) is 9.55 Å². The van der Waals surface area contributed by atoms with Crippen LogP contribution in [-0.4, -0.2) is 29.1 Å². The standard InChI is InChI=1S/C26H28N2O3/c1-4-31-26-15-20(10-11-25(26)30-3)24(13-18(2)29)28-16-21-8-5-7-19(23(21)17-28)14-22-9-6-12-27-22/h5-12,15-17,24,27H,4,13-14H2,1-3H3/t24-/m1/s1. The third-order valence-electron chi connectivity index (χ3n) is 5.55. The first-order chi connectivity index (χ1) is 15.1. The topological polar surface area (TPSA) is 56.2 Å². The summed E-state index contributed by atoms with van der Waals surface area (Å²) in [4.78, 5) is 15.4. The molecule has 0 spiro atoms. The molecule has 0 unspecified atom stereocenters. The van der Waals surface area contributed by atoms with Crippen molar-refractivity contribution in [2.45, 2.75) is 32.7 Å². The van der Waals surface area contributed by atoms with Crippen molar-refractivity contribution in [2.75, 3.05) is 13.7 Å². The number of aromatic amines is 1. The van der Waals surface area contributed by atoms with Gasteiger partial charge in [-0.3, -0.25) is 4.79 Å². The molecule has 160 valence electrons. The average molecular weight is 417 g/mol. The molecule has 4 aromatic rings. The van der Waals surface area contributed by atoms with Crippen LogP contribution in [0.15, 0.2) is 67.1 Å². The zero-order chi connectivity index (χ0) is 21.8. The fraction of sp³-hybridized carbons (Fsp3) is 0.269. The summed E-state index contributed by atoms with van der Waals surface area (Å²) in [6.07, 6.45) is 7.48. The highest BCUT2D eigenvalue weighted by molar-refractivity contribution is 5.86. The minimum absolute atomic E-state index is 0.117. The van der Waals surface area contributed by atoms with Crippen molar-refractivity contribution < 1.29 is 14.3 Å². The Morgan fingerprint density at radius 2 is 1.97 bits per heavy atom. The van der Waals surface area contributed by atoms with Crippen molar-refractivity contribution in [3.8, 4) is 11.5 Å². The zero-order valence-electron chi connectivity index (χ0n) is 18.2. The van der Waals surface area contributed by atoms with Gasteiger partial charge in [0.2, 0.25) is 0 Å². The molecule has 31 heavy (non-hydrogen) atoms. The summed E-state index contributed by atoms with van der Waals surface area (Å²) in [5, 5.41) is 2.36. The maximum Gasteiger partial charge on any atom is 0.161 e. The number of carbonyl (C=O) groups excluding carboxylic acids is 1. The molecule has 0 fully saturated rings. The van der Waals surface area contributed by atoms with Gasteiger partial charge in [-0.2, -0.15) is 0 Å². The molecular formula is C26H28N2O3. The smallest absolute Gasteiger partial charge is 0.161 e. The van der Waals surface area contributed by atoms with Gasteiger partial charge in [0.05, 0.1) is 19.8 Å². The molecule has 0 saturated carbocycles.